The maximum atomic E-state index is 13.1. The van der Waals surface area contributed by atoms with Gasteiger partial charge < -0.3 is 14.4 Å². The van der Waals surface area contributed by atoms with Crippen LogP contribution >= 0.6 is 0 Å². The molecule has 2 aromatic rings. The summed E-state index contributed by atoms with van der Waals surface area (Å²) in [4.78, 5) is 2.21. The Hall–Kier alpha value is -2.76. The number of ether oxygens (including phenoxy) is 2. The van der Waals surface area contributed by atoms with Crippen molar-refractivity contribution in [2.45, 2.75) is 4.90 Å². The summed E-state index contributed by atoms with van der Waals surface area (Å²) in [5, 5.41) is 9.05. The summed E-state index contributed by atoms with van der Waals surface area (Å²) in [5.41, 5.74) is 1.51. The summed E-state index contributed by atoms with van der Waals surface area (Å²) < 4.78 is 38.0. The zero-order chi connectivity index (χ0) is 19.4. The first-order chi connectivity index (χ1) is 13.0. The van der Waals surface area contributed by atoms with E-state index in [1.807, 2.05) is 18.2 Å². The number of rotatable bonds is 5. The minimum absolute atomic E-state index is 0.130. The fourth-order valence-electron chi connectivity index (χ4n) is 3.09. The van der Waals surface area contributed by atoms with Crippen molar-refractivity contribution in [3.05, 3.63) is 48.0 Å². The number of piperazine rings is 1. The summed E-state index contributed by atoms with van der Waals surface area (Å²) in [7, 11) is -0.719. The van der Waals surface area contributed by atoms with Gasteiger partial charge in [0.25, 0.3) is 0 Å². The van der Waals surface area contributed by atoms with Crippen LogP contribution in [0.5, 0.6) is 11.5 Å². The van der Waals surface area contributed by atoms with E-state index in [2.05, 4.69) is 11.0 Å². The number of anilines is 1. The first-order valence-corrected chi connectivity index (χ1v) is 9.91. The van der Waals surface area contributed by atoms with E-state index in [4.69, 9.17) is 14.7 Å². The van der Waals surface area contributed by atoms with Gasteiger partial charge >= 0.3 is 0 Å². The van der Waals surface area contributed by atoms with Crippen molar-refractivity contribution in [3.8, 4) is 17.6 Å². The molecule has 142 valence electrons. The standard InChI is InChI=1S/C19H21N3O4S/c1-25-17-6-7-19(18(13-17)26-2)27(23,24)22-10-8-21(9-11-22)16-5-3-4-15(12-16)14-20/h3-7,12-13H,8-11H2,1-2H3. The van der Waals surface area contributed by atoms with Crippen LogP contribution in [0.3, 0.4) is 0 Å². The predicted molar refractivity (Wildman–Crippen MR) is 102 cm³/mol. The van der Waals surface area contributed by atoms with Crippen molar-refractivity contribution in [2.75, 3.05) is 45.3 Å². The Morgan fingerprint density at radius 1 is 1.00 bits per heavy atom. The maximum absolute atomic E-state index is 13.1. The van der Waals surface area contributed by atoms with Crippen LogP contribution in [0.15, 0.2) is 47.4 Å². The van der Waals surface area contributed by atoms with E-state index in [1.165, 1.54) is 24.6 Å². The van der Waals surface area contributed by atoms with Gasteiger partial charge in [0, 0.05) is 37.9 Å². The average Bonchev–Trinajstić information content (AvgIpc) is 2.73. The first kappa shape index (κ1) is 19.0. The lowest BCUT2D eigenvalue weighted by atomic mass is 10.2. The van der Waals surface area contributed by atoms with Gasteiger partial charge in [-0.15, -0.1) is 0 Å². The zero-order valence-electron chi connectivity index (χ0n) is 15.3. The summed E-state index contributed by atoms with van der Waals surface area (Å²) in [5.74, 6) is 0.798. The van der Waals surface area contributed by atoms with Gasteiger partial charge in [-0.25, -0.2) is 8.42 Å². The highest BCUT2D eigenvalue weighted by Crippen LogP contribution is 2.31. The molecular weight excluding hydrogens is 366 g/mol. The normalized spacial score (nSPS) is 15.2. The maximum Gasteiger partial charge on any atom is 0.246 e. The average molecular weight is 387 g/mol. The van der Waals surface area contributed by atoms with Crippen LogP contribution in [0, 0.1) is 11.3 Å². The highest BCUT2D eigenvalue weighted by atomic mass is 32.2. The second kappa shape index (κ2) is 7.86. The molecule has 0 radical (unpaired) electrons. The molecule has 1 heterocycles. The third-order valence-corrected chi connectivity index (χ3v) is 6.51. The fourth-order valence-corrected chi connectivity index (χ4v) is 4.64. The van der Waals surface area contributed by atoms with Crippen molar-refractivity contribution in [3.63, 3.8) is 0 Å². The summed E-state index contributed by atoms with van der Waals surface area (Å²) in [6, 6.07) is 14.1. The van der Waals surface area contributed by atoms with Crippen molar-refractivity contribution >= 4 is 15.7 Å². The van der Waals surface area contributed by atoms with Crippen molar-refractivity contribution in [1.82, 2.24) is 4.31 Å². The smallest absolute Gasteiger partial charge is 0.246 e. The van der Waals surface area contributed by atoms with E-state index in [9.17, 15) is 8.42 Å². The van der Waals surface area contributed by atoms with Crippen LogP contribution in [-0.4, -0.2) is 53.1 Å². The van der Waals surface area contributed by atoms with Crippen LogP contribution in [0.4, 0.5) is 5.69 Å². The summed E-state index contributed by atoms with van der Waals surface area (Å²) in [6.45, 7) is 1.81. The number of methoxy groups -OCH3 is 2. The predicted octanol–water partition coefficient (Wildman–Crippen LogP) is 2.09. The number of hydrogen-bond acceptors (Lipinski definition) is 6. The number of nitrogens with zero attached hydrogens (tertiary/aromatic N) is 3. The first-order valence-electron chi connectivity index (χ1n) is 8.47. The minimum atomic E-state index is -3.67. The van der Waals surface area contributed by atoms with E-state index in [1.54, 1.807) is 18.2 Å². The Bertz CT molecular complexity index is 961. The van der Waals surface area contributed by atoms with Crippen LogP contribution < -0.4 is 14.4 Å². The van der Waals surface area contributed by atoms with E-state index in [0.29, 0.717) is 37.5 Å². The van der Waals surface area contributed by atoms with Gasteiger partial charge in [-0.3, -0.25) is 0 Å². The van der Waals surface area contributed by atoms with Gasteiger partial charge in [0.15, 0.2) is 0 Å². The quantitative estimate of drug-likeness (QED) is 0.781. The molecule has 1 aliphatic rings. The monoisotopic (exact) mass is 387 g/mol. The molecule has 0 N–H and O–H groups in total. The van der Waals surface area contributed by atoms with E-state index in [-0.39, 0.29) is 10.6 Å². The Balaban J connectivity index is 1.78. The molecule has 7 nitrogen and oxygen atoms in total. The highest BCUT2D eigenvalue weighted by molar-refractivity contribution is 7.89. The molecule has 27 heavy (non-hydrogen) atoms. The van der Waals surface area contributed by atoms with Crippen molar-refractivity contribution < 1.29 is 17.9 Å². The second-order valence-electron chi connectivity index (χ2n) is 6.07. The van der Waals surface area contributed by atoms with Crippen molar-refractivity contribution in [1.29, 1.82) is 5.26 Å². The number of sulfonamides is 1. The Morgan fingerprint density at radius 2 is 1.74 bits per heavy atom. The van der Waals surface area contributed by atoms with Crippen LogP contribution in [0.25, 0.3) is 0 Å². The lowest BCUT2D eigenvalue weighted by molar-refractivity contribution is 0.370. The summed E-state index contributed by atoms with van der Waals surface area (Å²) in [6.07, 6.45) is 0. The van der Waals surface area contributed by atoms with Gasteiger partial charge in [-0.1, -0.05) is 6.07 Å². The molecule has 0 saturated carbocycles. The van der Waals surface area contributed by atoms with Crippen LogP contribution in [-0.2, 0) is 10.0 Å². The lowest BCUT2D eigenvalue weighted by Gasteiger charge is -2.35. The summed E-state index contributed by atoms with van der Waals surface area (Å²) >= 11 is 0. The minimum Gasteiger partial charge on any atom is -0.497 e. The third kappa shape index (κ3) is 3.84. The van der Waals surface area contributed by atoms with E-state index >= 15 is 0 Å². The van der Waals surface area contributed by atoms with Gasteiger partial charge in [0.05, 0.1) is 25.9 Å². The number of nitriles is 1. The Labute approximate surface area is 159 Å². The SMILES string of the molecule is COc1ccc(S(=O)(=O)N2CCN(c3cccc(C#N)c3)CC2)c(OC)c1. The highest BCUT2D eigenvalue weighted by Gasteiger charge is 2.31. The van der Waals surface area contributed by atoms with Crippen molar-refractivity contribution in [2.24, 2.45) is 0 Å². The molecule has 1 aliphatic heterocycles. The van der Waals surface area contributed by atoms with Crippen LogP contribution in [0.1, 0.15) is 5.56 Å². The largest absolute Gasteiger partial charge is 0.497 e. The molecule has 0 unspecified atom stereocenters. The zero-order valence-corrected chi connectivity index (χ0v) is 16.1. The van der Waals surface area contributed by atoms with Gasteiger partial charge in [-0.2, -0.15) is 9.57 Å². The van der Waals surface area contributed by atoms with Gasteiger partial charge in [0.2, 0.25) is 10.0 Å². The van der Waals surface area contributed by atoms with E-state index in [0.717, 1.165) is 5.69 Å². The molecule has 0 aliphatic carbocycles. The molecule has 8 heteroatoms. The second-order valence-corrected chi connectivity index (χ2v) is 7.98. The van der Waals surface area contributed by atoms with Crippen LogP contribution in [0.2, 0.25) is 0 Å². The fraction of sp³-hybridized carbons (Fsp3) is 0.316. The number of benzene rings is 2. The molecule has 1 fully saturated rings. The van der Waals surface area contributed by atoms with Gasteiger partial charge in [-0.05, 0) is 30.3 Å². The Kier molecular flexibility index (Phi) is 5.54. The molecule has 0 atom stereocenters. The van der Waals surface area contributed by atoms with E-state index < -0.39 is 10.0 Å². The van der Waals surface area contributed by atoms with Gasteiger partial charge in [0.1, 0.15) is 16.4 Å². The molecule has 2 aromatic carbocycles. The molecule has 0 amide bonds. The third-order valence-electron chi connectivity index (χ3n) is 4.57. The molecule has 0 spiro atoms. The molecular formula is C19H21N3O4S. The number of hydrogen-bond donors (Lipinski definition) is 0. The Morgan fingerprint density at radius 3 is 2.37 bits per heavy atom. The molecule has 0 bridgehead atoms. The molecule has 0 aromatic heterocycles. The lowest BCUT2D eigenvalue weighted by Crippen LogP contribution is -2.48. The molecule has 3 rings (SSSR count). The topological polar surface area (TPSA) is 82.9 Å². The molecule has 1 saturated heterocycles.